The molecule has 0 N–H and O–H groups in total. The standard InChI is InChI=1S/C17H21NO/c1-12-3-4-16-14(7-12)8-15(19-16)10-17(11-18)6-5-13(2)9-17/h3-4,7,13,15H,5-6,8-10H2,1-2H3. The van der Waals surface area contributed by atoms with E-state index in [4.69, 9.17) is 4.74 Å². The fourth-order valence-corrected chi connectivity index (χ4v) is 3.73. The molecule has 100 valence electrons. The molecule has 0 radical (unpaired) electrons. The first kappa shape index (κ1) is 12.5. The van der Waals surface area contributed by atoms with Gasteiger partial charge in [-0.15, -0.1) is 0 Å². The average molecular weight is 255 g/mol. The molecule has 1 fully saturated rings. The lowest BCUT2D eigenvalue weighted by Gasteiger charge is -2.24. The van der Waals surface area contributed by atoms with Gasteiger partial charge in [0.2, 0.25) is 0 Å². The molecule has 2 nitrogen and oxygen atoms in total. The average Bonchev–Trinajstić information content (AvgIpc) is 2.93. The van der Waals surface area contributed by atoms with Gasteiger partial charge in [-0.25, -0.2) is 0 Å². The Morgan fingerprint density at radius 3 is 3.00 bits per heavy atom. The van der Waals surface area contributed by atoms with Crippen LogP contribution in [0.25, 0.3) is 0 Å². The minimum Gasteiger partial charge on any atom is -0.490 e. The summed E-state index contributed by atoms with van der Waals surface area (Å²) >= 11 is 0. The summed E-state index contributed by atoms with van der Waals surface area (Å²) in [7, 11) is 0. The quantitative estimate of drug-likeness (QED) is 0.799. The molecule has 0 aromatic heterocycles. The summed E-state index contributed by atoms with van der Waals surface area (Å²) in [6.07, 6.45) is 5.32. The molecule has 3 unspecified atom stereocenters. The molecule has 2 aliphatic rings. The molecule has 2 heteroatoms. The smallest absolute Gasteiger partial charge is 0.123 e. The van der Waals surface area contributed by atoms with Crippen molar-refractivity contribution < 1.29 is 4.74 Å². The number of hydrogen-bond acceptors (Lipinski definition) is 2. The third kappa shape index (κ3) is 2.34. The highest BCUT2D eigenvalue weighted by atomic mass is 16.5. The number of ether oxygens (including phenoxy) is 1. The normalized spacial score (nSPS) is 32.7. The summed E-state index contributed by atoms with van der Waals surface area (Å²) in [5.41, 5.74) is 2.46. The summed E-state index contributed by atoms with van der Waals surface area (Å²) in [6, 6.07) is 8.97. The fourth-order valence-electron chi connectivity index (χ4n) is 3.73. The Morgan fingerprint density at radius 1 is 1.47 bits per heavy atom. The van der Waals surface area contributed by atoms with Crippen LogP contribution in [0.2, 0.25) is 0 Å². The van der Waals surface area contributed by atoms with Crippen LogP contribution in [0.1, 0.15) is 43.7 Å². The first-order chi connectivity index (χ1) is 9.10. The van der Waals surface area contributed by atoms with Gasteiger partial charge in [0.15, 0.2) is 0 Å². The topological polar surface area (TPSA) is 33.0 Å². The van der Waals surface area contributed by atoms with Crippen LogP contribution in [-0.2, 0) is 6.42 Å². The van der Waals surface area contributed by atoms with Gasteiger partial charge in [0, 0.05) is 12.8 Å². The van der Waals surface area contributed by atoms with E-state index in [-0.39, 0.29) is 11.5 Å². The summed E-state index contributed by atoms with van der Waals surface area (Å²) in [4.78, 5) is 0. The molecule has 1 aromatic rings. The summed E-state index contributed by atoms with van der Waals surface area (Å²) < 4.78 is 6.03. The Labute approximate surface area is 115 Å². The molecule has 0 amide bonds. The molecule has 0 spiro atoms. The van der Waals surface area contributed by atoms with Crippen LogP contribution < -0.4 is 4.74 Å². The Bertz CT molecular complexity index is 531. The van der Waals surface area contributed by atoms with Crippen molar-refractivity contribution in [3.8, 4) is 11.8 Å². The molecular formula is C17H21NO. The molecule has 0 bridgehead atoms. The zero-order chi connectivity index (χ0) is 13.5. The van der Waals surface area contributed by atoms with Crippen molar-refractivity contribution in [2.75, 3.05) is 0 Å². The second-order valence-electron chi connectivity index (χ2n) is 6.50. The lowest BCUT2D eigenvalue weighted by Crippen LogP contribution is -2.25. The number of hydrogen-bond donors (Lipinski definition) is 0. The Balaban J connectivity index is 1.72. The molecule has 3 atom stereocenters. The number of rotatable bonds is 2. The number of aryl methyl sites for hydroxylation is 1. The predicted molar refractivity (Wildman–Crippen MR) is 75.0 cm³/mol. The molecule has 1 heterocycles. The van der Waals surface area contributed by atoms with Crippen molar-refractivity contribution >= 4 is 0 Å². The second kappa shape index (κ2) is 4.56. The maximum absolute atomic E-state index is 9.55. The van der Waals surface area contributed by atoms with E-state index < -0.39 is 0 Å². The van der Waals surface area contributed by atoms with Crippen molar-refractivity contribution in [3.63, 3.8) is 0 Å². The van der Waals surface area contributed by atoms with E-state index in [0.717, 1.165) is 31.4 Å². The first-order valence-corrected chi connectivity index (χ1v) is 7.28. The van der Waals surface area contributed by atoms with Gasteiger partial charge in [0.1, 0.15) is 11.9 Å². The van der Waals surface area contributed by atoms with Crippen LogP contribution in [0.5, 0.6) is 5.75 Å². The summed E-state index contributed by atoms with van der Waals surface area (Å²) in [5, 5.41) is 9.55. The second-order valence-corrected chi connectivity index (χ2v) is 6.50. The van der Waals surface area contributed by atoms with Gasteiger partial charge in [-0.3, -0.25) is 0 Å². The van der Waals surface area contributed by atoms with Gasteiger partial charge in [0.25, 0.3) is 0 Å². The summed E-state index contributed by atoms with van der Waals surface area (Å²) in [5.74, 6) is 1.71. The van der Waals surface area contributed by atoms with Gasteiger partial charge in [-0.05, 0) is 43.7 Å². The molecule has 1 aliphatic heterocycles. The monoisotopic (exact) mass is 255 g/mol. The van der Waals surface area contributed by atoms with Gasteiger partial charge < -0.3 is 4.74 Å². The van der Waals surface area contributed by atoms with Gasteiger partial charge in [0.05, 0.1) is 11.5 Å². The molecule has 19 heavy (non-hydrogen) atoms. The minimum absolute atomic E-state index is 0.138. The van der Waals surface area contributed by atoms with Crippen LogP contribution in [0.3, 0.4) is 0 Å². The van der Waals surface area contributed by atoms with E-state index in [2.05, 4.69) is 38.1 Å². The minimum atomic E-state index is -0.138. The van der Waals surface area contributed by atoms with E-state index in [9.17, 15) is 5.26 Å². The number of nitriles is 1. The van der Waals surface area contributed by atoms with E-state index >= 15 is 0 Å². The maximum atomic E-state index is 9.55. The third-order valence-corrected chi connectivity index (χ3v) is 4.67. The van der Waals surface area contributed by atoms with Crippen molar-refractivity contribution in [2.45, 2.75) is 52.1 Å². The van der Waals surface area contributed by atoms with Crippen molar-refractivity contribution in [1.29, 1.82) is 5.26 Å². The van der Waals surface area contributed by atoms with Gasteiger partial charge in [-0.2, -0.15) is 5.26 Å². The zero-order valence-electron chi connectivity index (χ0n) is 11.8. The molecule has 3 rings (SSSR count). The Kier molecular flexibility index (Phi) is 3.01. The molecule has 1 aromatic carbocycles. The highest BCUT2D eigenvalue weighted by Gasteiger charge is 2.41. The van der Waals surface area contributed by atoms with Crippen LogP contribution in [-0.4, -0.2) is 6.10 Å². The third-order valence-electron chi connectivity index (χ3n) is 4.67. The summed E-state index contributed by atoms with van der Waals surface area (Å²) in [6.45, 7) is 4.37. The Hall–Kier alpha value is -1.49. The molecule has 0 saturated heterocycles. The zero-order valence-corrected chi connectivity index (χ0v) is 11.8. The number of fused-ring (bicyclic) bond motifs is 1. The first-order valence-electron chi connectivity index (χ1n) is 7.28. The fraction of sp³-hybridized carbons (Fsp3) is 0.588. The van der Waals surface area contributed by atoms with E-state index in [1.54, 1.807) is 0 Å². The van der Waals surface area contributed by atoms with E-state index in [1.807, 2.05) is 0 Å². The van der Waals surface area contributed by atoms with E-state index in [0.29, 0.717) is 5.92 Å². The van der Waals surface area contributed by atoms with Crippen molar-refractivity contribution in [2.24, 2.45) is 11.3 Å². The van der Waals surface area contributed by atoms with Gasteiger partial charge >= 0.3 is 0 Å². The predicted octanol–water partition coefficient (Wildman–Crippen LogP) is 4.02. The lowest BCUT2D eigenvalue weighted by atomic mass is 9.80. The largest absolute Gasteiger partial charge is 0.490 e. The highest BCUT2D eigenvalue weighted by molar-refractivity contribution is 5.40. The number of nitrogens with zero attached hydrogens (tertiary/aromatic N) is 1. The molecular weight excluding hydrogens is 234 g/mol. The highest BCUT2D eigenvalue weighted by Crippen LogP contribution is 2.46. The lowest BCUT2D eigenvalue weighted by molar-refractivity contribution is 0.167. The van der Waals surface area contributed by atoms with Crippen LogP contribution in [0.4, 0.5) is 0 Å². The Morgan fingerprint density at radius 2 is 2.32 bits per heavy atom. The molecule has 1 aliphatic carbocycles. The van der Waals surface area contributed by atoms with Gasteiger partial charge in [-0.1, -0.05) is 24.6 Å². The van der Waals surface area contributed by atoms with Crippen LogP contribution in [0, 0.1) is 29.6 Å². The maximum Gasteiger partial charge on any atom is 0.123 e. The number of benzene rings is 1. The van der Waals surface area contributed by atoms with Crippen LogP contribution >= 0.6 is 0 Å². The van der Waals surface area contributed by atoms with Crippen molar-refractivity contribution in [3.05, 3.63) is 29.3 Å². The SMILES string of the molecule is Cc1ccc2c(c1)CC(CC1(C#N)CCC(C)C1)O2. The van der Waals surface area contributed by atoms with Crippen molar-refractivity contribution in [1.82, 2.24) is 0 Å². The van der Waals surface area contributed by atoms with Crippen LogP contribution in [0.15, 0.2) is 18.2 Å². The van der Waals surface area contributed by atoms with E-state index in [1.165, 1.54) is 17.5 Å². The molecule has 1 saturated carbocycles.